The van der Waals surface area contributed by atoms with E-state index in [0.29, 0.717) is 6.04 Å². The van der Waals surface area contributed by atoms with Gasteiger partial charge >= 0.3 is 0 Å². The molecule has 0 heterocycles. The van der Waals surface area contributed by atoms with Crippen molar-refractivity contribution in [1.82, 2.24) is 5.32 Å². The van der Waals surface area contributed by atoms with E-state index in [0.717, 1.165) is 37.7 Å². The van der Waals surface area contributed by atoms with Crippen LogP contribution in [0.5, 0.6) is 11.5 Å². The fourth-order valence-corrected chi connectivity index (χ4v) is 4.22. The Morgan fingerprint density at radius 1 is 1.35 bits per heavy atom. The predicted octanol–water partition coefficient (Wildman–Crippen LogP) is 3.00. The first-order chi connectivity index (χ1) is 9.64. The van der Waals surface area contributed by atoms with Crippen LogP contribution in [0.3, 0.4) is 0 Å². The monoisotopic (exact) mass is 273 g/mol. The van der Waals surface area contributed by atoms with E-state index in [1.807, 2.05) is 13.1 Å². The van der Waals surface area contributed by atoms with Crippen LogP contribution < -0.4 is 5.32 Å². The number of rotatable bonds is 2. The van der Waals surface area contributed by atoms with Gasteiger partial charge in [-0.2, -0.15) is 0 Å². The number of allylic oxidation sites excluding steroid dienone is 1. The number of benzene rings is 1. The van der Waals surface area contributed by atoms with Crippen molar-refractivity contribution in [2.45, 2.75) is 50.5 Å². The van der Waals surface area contributed by atoms with E-state index < -0.39 is 0 Å². The maximum Gasteiger partial charge on any atom is 0.161 e. The van der Waals surface area contributed by atoms with E-state index in [2.05, 4.69) is 18.3 Å². The lowest BCUT2D eigenvalue weighted by atomic mass is 9.59. The van der Waals surface area contributed by atoms with Crippen LogP contribution in [0.4, 0.5) is 0 Å². The molecule has 20 heavy (non-hydrogen) atoms. The molecule has 3 N–H and O–H groups in total. The molecular weight excluding hydrogens is 250 g/mol. The van der Waals surface area contributed by atoms with Crippen LogP contribution in [-0.4, -0.2) is 23.3 Å². The van der Waals surface area contributed by atoms with Gasteiger partial charge in [-0.3, -0.25) is 0 Å². The average Bonchev–Trinajstić information content (AvgIpc) is 2.49. The van der Waals surface area contributed by atoms with Gasteiger partial charge in [0.2, 0.25) is 0 Å². The Morgan fingerprint density at radius 3 is 2.85 bits per heavy atom. The summed E-state index contributed by atoms with van der Waals surface area (Å²) in [6.45, 7) is 2.18. The largest absolute Gasteiger partial charge is 0.504 e. The lowest BCUT2D eigenvalue weighted by Crippen LogP contribution is -2.46. The van der Waals surface area contributed by atoms with Crippen molar-refractivity contribution in [3.05, 3.63) is 34.9 Å². The van der Waals surface area contributed by atoms with Crippen molar-refractivity contribution in [3.8, 4) is 11.5 Å². The van der Waals surface area contributed by atoms with E-state index in [1.165, 1.54) is 11.1 Å². The van der Waals surface area contributed by atoms with E-state index in [-0.39, 0.29) is 16.9 Å². The minimum absolute atomic E-state index is 0.00408. The van der Waals surface area contributed by atoms with Gasteiger partial charge in [0, 0.05) is 17.0 Å². The summed E-state index contributed by atoms with van der Waals surface area (Å²) in [5, 5.41) is 23.8. The molecule has 0 aromatic heterocycles. The molecule has 0 fully saturated rings. The zero-order chi connectivity index (χ0) is 14.3. The molecule has 108 valence electrons. The van der Waals surface area contributed by atoms with Crippen LogP contribution in [0, 0.1) is 0 Å². The second-order valence-electron chi connectivity index (χ2n) is 6.00. The van der Waals surface area contributed by atoms with E-state index in [9.17, 15) is 10.2 Å². The normalized spacial score (nSPS) is 28.5. The van der Waals surface area contributed by atoms with Crippen molar-refractivity contribution in [3.63, 3.8) is 0 Å². The lowest BCUT2D eigenvalue weighted by molar-refractivity contribution is 0.326. The summed E-state index contributed by atoms with van der Waals surface area (Å²) < 4.78 is 0. The van der Waals surface area contributed by atoms with Gasteiger partial charge in [0.15, 0.2) is 11.5 Å². The van der Waals surface area contributed by atoms with Crippen LogP contribution in [-0.2, 0) is 11.8 Å². The van der Waals surface area contributed by atoms with Crippen molar-refractivity contribution in [2.24, 2.45) is 0 Å². The molecule has 3 nitrogen and oxygen atoms in total. The molecule has 0 unspecified atom stereocenters. The first-order valence-corrected chi connectivity index (χ1v) is 7.56. The highest BCUT2D eigenvalue weighted by molar-refractivity contribution is 5.59. The molecule has 2 aliphatic rings. The Morgan fingerprint density at radius 2 is 2.15 bits per heavy atom. The zero-order valence-electron chi connectivity index (χ0n) is 12.2. The minimum atomic E-state index is -0.109. The SMILES string of the molecule is CC[C@]12CCCC=C1[C@H](NC)Cc1ccc(O)c(O)c12. The van der Waals surface area contributed by atoms with Gasteiger partial charge in [0.05, 0.1) is 0 Å². The smallest absolute Gasteiger partial charge is 0.161 e. The van der Waals surface area contributed by atoms with Crippen LogP contribution in [0.2, 0.25) is 0 Å². The number of likely N-dealkylation sites (N-methyl/N-ethyl adjacent to an activating group) is 1. The highest BCUT2D eigenvalue weighted by Crippen LogP contribution is 2.54. The van der Waals surface area contributed by atoms with Crippen molar-refractivity contribution in [1.29, 1.82) is 0 Å². The summed E-state index contributed by atoms with van der Waals surface area (Å²) >= 11 is 0. The summed E-state index contributed by atoms with van der Waals surface area (Å²) in [6, 6.07) is 3.92. The molecular formula is C17H23NO2. The maximum absolute atomic E-state index is 10.4. The van der Waals surface area contributed by atoms with Gasteiger partial charge in [0.1, 0.15) is 0 Å². The summed E-state index contributed by atoms with van der Waals surface area (Å²) in [5.74, 6) is 0.0936. The summed E-state index contributed by atoms with van der Waals surface area (Å²) in [6.07, 6.45) is 7.50. The van der Waals surface area contributed by atoms with Gasteiger partial charge in [-0.25, -0.2) is 0 Å². The van der Waals surface area contributed by atoms with Gasteiger partial charge < -0.3 is 15.5 Å². The second kappa shape index (κ2) is 4.81. The van der Waals surface area contributed by atoms with Crippen LogP contribution in [0.25, 0.3) is 0 Å². The van der Waals surface area contributed by atoms with Crippen LogP contribution in [0.1, 0.15) is 43.7 Å². The third kappa shape index (κ3) is 1.69. The Bertz CT molecular complexity index is 564. The van der Waals surface area contributed by atoms with E-state index >= 15 is 0 Å². The van der Waals surface area contributed by atoms with Gasteiger partial charge in [-0.05, 0) is 56.4 Å². The number of phenols is 2. The minimum Gasteiger partial charge on any atom is -0.504 e. The van der Waals surface area contributed by atoms with Crippen molar-refractivity contribution in [2.75, 3.05) is 7.05 Å². The predicted molar refractivity (Wildman–Crippen MR) is 80.2 cm³/mol. The summed E-state index contributed by atoms with van der Waals surface area (Å²) in [4.78, 5) is 0. The third-order valence-electron chi connectivity index (χ3n) is 5.20. The fraction of sp³-hybridized carbons (Fsp3) is 0.529. The lowest BCUT2D eigenvalue weighted by Gasteiger charge is -2.47. The Balaban J connectivity index is 2.28. The second-order valence-corrected chi connectivity index (χ2v) is 6.00. The Kier molecular flexibility index (Phi) is 3.25. The number of aromatic hydroxyl groups is 2. The van der Waals surface area contributed by atoms with Gasteiger partial charge in [0.25, 0.3) is 0 Å². The molecule has 0 spiro atoms. The molecule has 2 atom stereocenters. The molecule has 0 saturated heterocycles. The average molecular weight is 273 g/mol. The Labute approximate surface area is 120 Å². The molecule has 1 aromatic rings. The third-order valence-corrected chi connectivity index (χ3v) is 5.20. The van der Waals surface area contributed by atoms with Crippen LogP contribution in [0.15, 0.2) is 23.8 Å². The molecule has 3 heteroatoms. The molecule has 0 saturated carbocycles. The number of nitrogens with one attached hydrogen (secondary N) is 1. The molecule has 1 aromatic carbocycles. The molecule has 3 rings (SSSR count). The van der Waals surface area contributed by atoms with Gasteiger partial charge in [-0.15, -0.1) is 0 Å². The standard InChI is InChI=1S/C17H23NO2/c1-3-17-9-5-4-6-12(17)13(18-2)10-11-7-8-14(19)16(20)15(11)17/h6-8,13,18-20H,3-5,9-10H2,1-2H3/t13-,17+/m1/s1. The molecule has 0 amide bonds. The molecule has 0 aliphatic heterocycles. The van der Waals surface area contributed by atoms with E-state index in [1.54, 1.807) is 6.07 Å². The van der Waals surface area contributed by atoms with Crippen molar-refractivity contribution < 1.29 is 10.2 Å². The van der Waals surface area contributed by atoms with Crippen molar-refractivity contribution >= 4 is 0 Å². The quantitative estimate of drug-likeness (QED) is 0.573. The Hall–Kier alpha value is -1.48. The summed E-state index contributed by atoms with van der Waals surface area (Å²) in [5.41, 5.74) is 3.43. The van der Waals surface area contributed by atoms with Crippen LogP contribution >= 0.6 is 0 Å². The van der Waals surface area contributed by atoms with E-state index in [4.69, 9.17) is 0 Å². The van der Waals surface area contributed by atoms with Gasteiger partial charge in [-0.1, -0.05) is 19.1 Å². The number of fused-ring (bicyclic) bond motifs is 3. The summed E-state index contributed by atoms with van der Waals surface area (Å²) in [7, 11) is 2.01. The molecule has 0 bridgehead atoms. The fourth-order valence-electron chi connectivity index (χ4n) is 4.22. The zero-order valence-corrected chi connectivity index (χ0v) is 12.2. The maximum atomic E-state index is 10.4. The topological polar surface area (TPSA) is 52.5 Å². The molecule has 0 radical (unpaired) electrons. The first kappa shape index (κ1) is 13.5. The molecule has 2 aliphatic carbocycles. The number of phenolic OH excluding ortho intramolecular Hbond substituents is 2. The first-order valence-electron chi connectivity index (χ1n) is 7.56. The number of hydrogen-bond donors (Lipinski definition) is 3. The highest BCUT2D eigenvalue weighted by Gasteiger charge is 2.45. The highest BCUT2D eigenvalue weighted by atomic mass is 16.3. The number of hydrogen-bond acceptors (Lipinski definition) is 3.